The van der Waals surface area contributed by atoms with E-state index in [2.05, 4.69) is 0 Å². The van der Waals surface area contributed by atoms with Crippen LogP contribution in [0.4, 0.5) is 0 Å². The Labute approximate surface area is 182 Å². The number of amides is 2. The number of carbonyl (C=O) groups is 4. The van der Waals surface area contributed by atoms with Gasteiger partial charge < -0.3 is 14.6 Å². The monoisotopic (exact) mass is 387 g/mol. The molecule has 0 aromatic rings. The summed E-state index contributed by atoms with van der Waals surface area (Å²) >= 11 is 0. The van der Waals surface area contributed by atoms with Gasteiger partial charge in [-0.2, -0.15) is 0 Å². The molecule has 1 atom stereocenters. The van der Waals surface area contributed by atoms with Crippen LogP contribution < -0.4 is 34.7 Å². The second-order valence-electron chi connectivity index (χ2n) is 5.32. The summed E-state index contributed by atoms with van der Waals surface area (Å²) in [6.07, 6.45) is 9.51. The minimum atomic E-state index is -1.72. The number of rotatable bonds is 11. The third kappa shape index (κ3) is 11.6. The number of hydrogen-bond acceptors (Lipinski definition) is 6. The van der Waals surface area contributed by atoms with Gasteiger partial charge in [0.2, 0.25) is 11.8 Å². The number of carboxylic acids is 1. The van der Waals surface area contributed by atoms with Crippen molar-refractivity contribution < 1.29 is 58.6 Å². The van der Waals surface area contributed by atoms with Crippen molar-refractivity contribution in [3.05, 3.63) is 36.6 Å². The van der Waals surface area contributed by atoms with Crippen LogP contribution in [0.1, 0.15) is 52.9 Å². The van der Waals surface area contributed by atoms with Gasteiger partial charge in [-0.1, -0.05) is 44.2 Å². The van der Waals surface area contributed by atoms with Crippen LogP contribution in [0.25, 0.3) is 0 Å². The van der Waals surface area contributed by atoms with Crippen LogP contribution in [0.2, 0.25) is 0 Å². The number of allylic oxidation sites excluding steroid dienone is 3. The van der Waals surface area contributed by atoms with Gasteiger partial charge in [0.05, 0.1) is 24.7 Å². The maximum Gasteiger partial charge on any atom is 1.00 e. The van der Waals surface area contributed by atoms with Crippen molar-refractivity contribution in [2.45, 2.75) is 58.9 Å². The van der Waals surface area contributed by atoms with Gasteiger partial charge in [0.25, 0.3) is 0 Å². The standard InChI is InChI=1S/C19H27NO6.Na/c1-4-7-9-11-16(21)20(17(22)12-10-8-5-2)15(19(24)25)14-18(23)26-13-6-3;/h6-10,13,15H,4-5,11-12,14H2,1-3H3,(H,24,25);/q;+1/p-1/b9-7+,10-8+,13-6+;. The Hall–Kier alpha value is -1.70. The number of hydrogen-bond donors (Lipinski definition) is 0. The fourth-order valence-corrected chi connectivity index (χ4v) is 2.01. The minimum absolute atomic E-state index is 0. The zero-order valence-corrected chi connectivity index (χ0v) is 18.5. The summed E-state index contributed by atoms with van der Waals surface area (Å²) in [5, 5.41) is 11.5. The van der Waals surface area contributed by atoms with E-state index in [0.29, 0.717) is 17.7 Å². The molecule has 0 aliphatic heterocycles. The number of imide groups is 1. The van der Waals surface area contributed by atoms with Gasteiger partial charge >= 0.3 is 35.5 Å². The topological polar surface area (TPSA) is 104 Å². The molecule has 0 aromatic carbocycles. The third-order valence-corrected chi connectivity index (χ3v) is 3.21. The van der Waals surface area contributed by atoms with E-state index in [-0.39, 0.29) is 42.4 Å². The van der Waals surface area contributed by atoms with Crippen LogP contribution >= 0.6 is 0 Å². The molecular formula is C19H26NNaO6. The van der Waals surface area contributed by atoms with E-state index in [0.717, 1.165) is 6.26 Å². The van der Waals surface area contributed by atoms with Gasteiger partial charge in [-0.3, -0.25) is 19.3 Å². The second-order valence-corrected chi connectivity index (χ2v) is 5.32. The van der Waals surface area contributed by atoms with Crippen molar-refractivity contribution in [2.75, 3.05) is 0 Å². The van der Waals surface area contributed by atoms with Crippen molar-refractivity contribution in [1.82, 2.24) is 4.90 Å². The summed E-state index contributed by atoms with van der Waals surface area (Å²) in [6.45, 7) is 5.37. The molecule has 0 bridgehead atoms. The molecule has 0 rings (SSSR count). The van der Waals surface area contributed by atoms with Crippen LogP contribution in [0.15, 0.2) is 36.6 Å². The maximum atomic E-state index is 12.4. The third-order valence-electron chi connectivity index (χ3n) is 3.21. The summed E-state index contributed by atoms with van der Waals surface area (Å²) in [4.78, 5) is 48.6. The van der Waals surface area contributed by atoms with Crippen molar-refractivity contribution in [3.8, 4) is 0 Å². The second kappa shape index (κ2) is 16.5. The Morgan fingerprint density at radius 2 is 1.44 bits per heavy atom. The molecule has 1 unspecified atom stereocenters. The van der Waals surface area contributed by atoms with E-state index in [1.807, 2.05) is 13.8 Å². The van der Waals surface area contributed by atoms with Gasteiger partial charge in [0.1, 0.15) is 0 Å². The van der Waals surface area contributed by atoms with Gasteiger partial charge in [-0.15, -0.1) is 0 Å². The number of carboxylic acid groups (broad SMARTS) is 1. The molecule has 0 saturated carbocycles. The fourth-order valence-electron chi connectivity index (χ4n) is 2.01. The van der Waals surface area contributed by atoms with Crippen LogP contribution in [0, 0.1) is 0 Å². The van der Waals surface area contributed by atoms with Gasteiger partial charge in [0, 0.05) is 12.8 Å². The molecule has 0 aromatic heterocycles. The molecule has 0 radical (unpaired) electrons. The molecule has 27 heavy (non-hydrogen) atoms. The first-order valence-corrected chi connectivity index (χ1v) is 8.55. The summed E-state index contributed by atoms with van der Waals surface area (Å²) in [5.74, 6) is -3.99. The zero-order valence-electron chi connectivity index (χ0n) is 16.5. The Kier molecular flexibility index (Phi) is 16.8. The average Bonchev–Trinajstić information content (AvgIpc) is 2.59. The maximum absolute atomic E-state index is 12.4. The largest absolute Gasteiger partial charge is 1.00 e. The van der Waals surface area contributed by atoms with E-state index in [1.54, 1.807) is 31.2 Å². The number of carbonyl (C=O) groups excluding carboxylic acids is 4. The average molecular weight is 387 g/mol. The Morgan fingerprint density at radius 3 is 1.81 bits per heavy atom. The van der Waals surface area contributed by atoms with Crippen LogP contribution in [-0.2, 0) is 23.9 Å². The first-order chi connectivity index (χ1) is 12.4. The van der Waals surface area contributed by atoms with E-state index in [4.69, 9.17) is 4.74 Å². The van der Waals surface area contributed by atoms with Gasteiger partial charge in [-0.25, -0.2) is 0 Å². The summed E-state index contributed by atoms with van der Waals surface area (Å²) in [6, 6.07) is -1.72. The fraction of sp³-hybridized carbons (Fsp3) is 0.474. The number of nitrogens with zero attached hydrogens (tertiary/aromatic N) is 1. The van der Waals surface area contributed by atoms with Crippen molar-refractivity contribution >= 4 is 23.8 Å². The van der Waals surface area contributed by atoms with Crippen molar-refractivity contribution in [2.24, 2.45) is 0 Å². The molecule has 0 aliphatic carbocycles. The number of aliphatic carboxylic acids is 1. The summed E-state index contributed by atoms with van der Waals surface area (Å²) in [7, 11) is 0. The van der Waals surface area contributed by atoms with Gasteiger partial charge in [-0.05, 0) is 19.8 Å². The molecule has 8 heteroatoms. The molecule has 7 nitrogen and oxygen atoms in total. The molecule has 0 saturated heterocycles. The smallest absolute Gasteiger partial charge is 0.548 e. The molecule has 0 spiro atoms. The normalized spacial score (nSPS) is 12.1. The predicted molar refractivity (Wildman–Crippen MR) is 94.3 cm³/mol. The minimum Gasteiger partial charge on any atom is -0.548 e. The first-order valence-electron chi connectivity index (χ1n) is 8.55. The van der Waals surface area contributed by atoms with E-state index < -0.39 is 36.2 Å². The quantitative estimate of drug-likeness (QED) is 0.188. The van der Waals surface area contributed by atoms with Crippen molar-refractivity contribution in [1.29, 1.82) is 0 Å². The Balaban J connectivity index is 0. The molecule has 2 amide bonds. The van der Waals surface area contributed by atoms with Crippen LogP contribution in [-0.4, -0.2) is 34.7 Å². The Bertz CT molecular complexity index is 555. The first kappa shape index (κ1) is 27.5. The SMILES string of the molecule is C/C=C/OC(=O)CC(C(=O)[O-])N(C(=O)C/C=C/CC)C(=O)C/C=C/CC.[Na+]. The number of esters is 1. The molecule has 0 aliphatic rings. The Morgan fingerprint density at radius 1 is 0.963 bits per heavy atom. The molecular weight excluding hydrogens is 361 g/mol. The molecule has 0 heterocycles. The van der Waals surface area contributed by atoms with Crippen LogP contribution in [0.5, 0.6) is 0 Å². The van der Waals surface area contributed by atoms with Crippen LogP contribution in [0.3, 0.4) is 0 Å². The summed E-state index contributed by atoms with van der Waals surface area (Å²) in [5.41, 5.74) is 0. The molecule has 0 fully saturated rings. The number of ether oxygens (including phenoxy) is 1. The van der Waals surface area contributed by atoms with Crippen molar-refractivity contribution in [3.63, 3.8) is 0 Å². The predicted octanol–water partition coefficient (Wildman–Crippen LogP) is -1.36. The van der Waals surface area contributed by atoms with E-state index in [1.165, 1.54) is 6.08 Å². The molecule has 144 valence electrons. The van der Waals surface area contributed by atoms with Gasteiger partial charge in [0.15, 0.2) is 0 Å². The zero-order chi connectivity index (χ0) is 19.9. The molecule has 0 N–H and O–H groups in total. The van der Waals surface area contributed by atoms with E-state index >= 15 is 0 Å². The van der Waals surface area contributed by atoms with E-state index in [9.17, 15) is 24.3 Å². The summed E-state index contributed by atoms with van der Waals surface area (Å²) < 4.78 is 4.69.